The van der Waals surface area contributed by atoms with Crippen LogP contribution in [0.4, 0.5) is 0 Å². The zero-order valence-electron chi connectivity index (χ0n) is 7.42. The molecular weight excluding hydrogens is 204 g/mol. The van der Waals surface area contributed by atoms with Gasteiger partial charge in [-0.05, 0) is 12.8 Å². The van der Waals surface area contributed by atoms with Gasteiger partial charge in [0.1, 0.15) is 9.34 Å². The molecule has 72 valence electrons. The van der Waals surface area contributed by atoms with Crippen molar-refractivity contribution < 1.29 is 0 Å². The Balaban J connectivity index is 1.78. The normalized spacial score (nSPS) is 18.2. The molecule has 0 unspecified atom stereocenters. The summed E-state index contributed by atoms with van der Waals surface area (Å²) in [4.78, 5) is 4.20. The summed E-state index contributed by atoms with van der Waals surface area (Å²) < 4.78 is 0.781. The van der Waals surface area contributed by atoms with Crippen LogP contribution in [-0.2, 0) is 6.54 Å². The first kappa shape index (κ1) is 9.44. The summed E-state index contributed by atoms with van der Waals surface area (Å²) in [6.07, 6.45) is 7.10. The summed E-state index contributed by atoms with van der Waals surface area (Å²) in [7, 11) is 0. The van der Waals surface area contributed by atoms with Crippen molar-refractivity contribution in [3.63, 3.8) is 0 Å². The van der Waals surface area contributed by atoms with Crippen LogP contribution in [-0.4, -0.2) is 11.0 Å². The summed E-state index contributed by atoms with van der Waals surface area (Å²) in [5.41, 5.74) is 0. The lowest BCUT2D eigenvalue weighted by Gasteiger charge is -2.09. The van der Waals surface area contributed by atoms with Crippen molar-refractivity contribution in [2.75, 3.05) is 0 Å². The number of hydrogen-bond acceptors (Lipinski definition) is 3. The molecule has 0 bridgehead atoms. The average Bonchev–Trinajstić information content (AvgIpc) is 2.71. The molecule has 0 atom stereocenters. The summed E-state index contributed by atoms with van der Waals surface area (Å²) in [5, 5.41) is 4.59. The number of halogens is 1. The van der Waals surface area contributed by atoms with Crippen LogP contribution in [0.3, 0.4) is 0 Å². The van der Waals surface area contributed by atoms with E-state index in [0.717, 1.165) is 15.9 Å². The molecule has 0 amide bonds. The molecular formula is C9H13ClN2S. The molecule has 1 heterocycles. The number of aromatic nitrogens is 1. The number of nitrogens with zero attached hydrogens (tertiary/aromatic N) is 1. The van der Waals surface area contributed by atoms with Gasteiger partial charge >= 0.3 is 0 Å². The minimum atomic E-state index is 0.711. The third kappa shape index (κ3) is 2.66. The van der Waals surface area contributed by atoms with E-state index in [1.54, 1.807) is 17.5 Å². The highest BCUT2D eigenvalue weighted by Crippen LogP contribution is 2.20. The first-order valence-corrected chi connectivity index (χ1v) is 5.87. The second-order valence-corrected chi connectivity index (χ2v) is 5.17. The quantitative estimate of drug-likeness (QED) is 0.841. The largest absolute Gasteiger partial charge is 0.308 e. The summed E-state index contributed by atoms with van der Waals surface area (Å²) >= 11 is 7.35. The Hall–Kier alpha value is -0.120. The number of nitrogens with one attached hydrogen (secondary N) is 1. The maximum Gasteiger partial charge on any atom is 0.113 e. The summed E-state index contributed by atoms with van der Waals surface area (Å²) in [5.74, 6) is 0. The molecule has 1 fully saturated rings. The van der Waals surface area contributed by atoms with E-state index in [0.29, 0.717) is 6.04 Å². The molecule has 1 saturated carbocycles. The molecule has 2 rings (SSSR count). The molecule has 4 heteroatoms. The van der Waals surface area contributed by atoms with Crippen LogP contribution in [0.15, 0.2) is 6.20 Å². The van der Waals surface area contributed by atoms with Gasteiger partial charge in [-0.25, -0.2) is 4.98 Å². The Bertz CT molecular complexity index is 268. The van der Waals surface area contributed by atoms with Crippen molar-refractivity contribution >= 4 is 22.9 Å². The number of hydrogen-bond donors (Lipinski definition) is 1. The van der Waals surface area contributed by atoms with Gasteiger partial charge in [0.05, 0.1) is 6.20 Å². The monoisotopic (exact) mass is 216 g/mol. The zero-order valence-corrected chi connectivity index (χ0v) is 9.00. The highest BCUT2D eigenvalue weighted by Gasteiger charge is 2.14. The van der Waals surface area contributed by atoms with E-state index >= 15 is 0 Å². The van der Waals surface area contributed by atoms with Gasteiger partial charge in [0.15, 0.2) is 0 Å². The average molecular weight is 217 g/mol. The number of thiazole rings is 1. The minimum Gasteiger partial charge on any atom is -0.308 e. The number of rotatable bonds is 3. The molecule has 2 nitrogen and oxygen atoms in total. The molecule has 0 spiro atoms. The Kier molecular flexibility index (Phi) is 3.19. The van der Waals surface area contributed by atoms with E-state index in [-0.39, 0.29) is 0 Å². The fourth-order valence-corrected chi connectivity index (χ4v) is 2.64. The van der Waals surface area contributed by atoms with Crippen molar-refractivity contribution in [2.45, 2.75) is 38.3 Å². The standard InChI is InChI=1S/C9H13ClN2S/c10-8-5-12-9(13-8)6-11-7-3-1-2-4-7/h5,7,11H,1-4,6H2. The lowest BCUT2D eigenvalue weighted by atomic mass is 10.2. The van der Waals surface area contributed by atoms with E-state index in [9.17, 15) is 0 Å². The molecule has 0 saturated heterocycles. The Morgan fingerprint density at radius 1 is 1.54 bits per heavy atom. The van der Waals surface area contributed by atoms with Gasteiger partial charge in [0.2, 0.25) is 0 Å². The van der Waals surface area contributed by atoms with Gasteiger partial charge < -0.3 is 5.32 Å². The van der Waals surface area contributed by atoms with Gasteiger partial charge in [-0.1, -0.05) is 24.4 Å². The predicted molar refractivity (Wildman–Crippen MR) is 56.2 cm³/mol. The third-order valence-corrected chi connectivity index (χ3v) is 3.54. The second kappa shape index (κ2) is 4.40. The summed E-state index contributed by atoms with van der Waals surface area (Å²) in [6, 6.07) is 0.711. The molecule has 1 aromatic heterocycles. The first-order valence-electron chi connectivity index (χ1n) is 4.68. The maximum absolute atomic E-state index is 5.78. The molecule has 0 aromatic carbocycles. The highest BCUT2D eigenvalue weighted by atomic mass is 35.5. The third-order valence-electron chi connectivity index (χ3n) is 2.42. The van der Waals surface area contributed by atoms with E-state index < -0.39 is 0 Å². The molecule has 13 heavy (non-hydrogen) atoms. The predicted octanol–water partition coefficient (Wildman–Crippen LogP) is 2.83. The van der Waals surface area contributed by atoms with Gasteiger partial charge in [0, 0.05) is 12.6 Å². The van der Waals surface area contributed by atoms with Crippen LogP contribution < -0.4 is 5.32 Å². The molecule has 1 aromatic rings. The maximum atomic E-state index is 5.78. The van der Waals surface area contributed by atoms with Gasteiger partial charge in [-0.15, -0.1) is 11.3 Å². The van der Waals surface area contributed by atoms with Crippen molar-refractivity contribution in [2.24, 2.45) is 0 Å². The zero-order chi connectivity index (χ0) is 9.10. The highest BCUT2D eigenvalue weighted by molar-refractivity contribution is 7.15. The molecule has 1 N–H and O–H groups in total. The van der Waals surface area contributed by atoms with Crippen LogP contribution in [0.2, 0.25) is 4.34 Å². The Labute approximate surface area is 87.3 Å². The van der Waals surface area contributed by atoms with Gasteiger partial charge in [0.25, 0.3) is 0 Å². The van der Waals surface area contributed by atoms with Crippen LogP contribution >= 0.6 is 22.9 Å². The van der Waals surface area contributed by atoms with Crippen LogP contribution in [0, 0.1) is 0 Å². The van der Waals surface area contributed by atoms with Crippen molar-refractivity contribution in [1.29, 1.82) is 0 Å². The fourth-order valence-electron chi connectivity index (χ4n) is 1.73. The van der Waals surface area contributed by atoms with Crippen molar-refractivity contribution in [3.8, 4) is 0 Å². The van der Waals surface area contributed by atoms with E-state index in [4.69, 9.17) is 11.6 Å². The first-order chi connectivity index (χ1) is 6.34. The Morgan fingerprint density at radius 3 is 2.92 bits per heavy atom. The van der Waals surface area contributed by atoms with Crippen LogP contribution in [0.1, 0.15) is 30.7 Å². The van der Waals surface area contributed by atoms with Crippen molar-refractivity contribution in [3.05, 3.63) is 15.5 Å². The van der Waals surface area contributed by atoms with E-state index in [1.807, 2.05) is 0 Å². The second-order valence-electron chi connectivity index (χ2n) is 3.42. The lowest BCUT2D eigenvalue weighted by molar-refractivity contribution is 0.523. The fraction of sp³-hybridized carbons (Fsp3) is 0.667. The van der Waals surface area contributed by atoms with E-state index in [2.05, 4.69) is 10.3 Å². The van der Waals surface area contributed by atoms with Crippen LogP contribution in [0.5, 0.6) is 0 Å². The molecule has 1 aliphatic carbocycles. The molecule has 0 radical (unpaired) electrons. The van der Waals surface area contributed by atoms with E-state index in [1.165, 1.54) is 25.7 Å². The lowest BCUT2D eigenvalue weighted by Crippen LogP contribution is -2.25. The Morgan fingerprint density at radius 2 is 2.31 bits per heavy atom. The van der Waals surface area contributed by atoms with Gasteiger partial charge in [-0.2, -0.15) is 0 Å². The minimum absolute atomic E-state index is 0.711. The molecule has 1 aliphatic rings. The van der Waals surface area contributed by atoms with Gasteiger partial charge in [-0.3, -0.25) is 0 Å². The van der Waals surface area contributed by atoms with Crippen LogP contribution in [0.25, 0.3) is 0 Å². The molecule has 0 aliphatic heterocycles. The topological polar surface area (TPSA) is 24.9 Å². The smallest absolute Gasteiger partial charge is 0.113 e. The SMILES string of the molecule is Clc1cnc(CNC2CCCC2)s1. The summed E-state index contributed by atoms with van der Waals surface area (Å²) in [6.45, 7) is 0.877. The van der Waals surface area contributed by atoms with Crippen molar-refractivity contribution in [1.82, 2.24) is 10.3 Å².